The highest BCUT2D eigenvalue weighted by molar-refractivity contribution is 5.77. The molecule has 0 aliphatic rings. The van der Waals surface area contributed by atoms with Gasteiger partial charge in [-0.05, 0) is 18.6 Å². The van der Waals surface area contributed by atoms with Crippen molar-refractivity contribution in [2.24, 2.45) is 0 Å². The first-order valence-corrected chi connectivity index (χ1v) is 4.26. The fourth-order valence-corrected chi connectivity index (χ4v) is 1.37. The molecule has 0 saturated heterocycles. The lowest BCUT2D eigenvalue weighted by molar-refractivity contribution is 0.393. The van der Waals surface area contributed by atoms with Gasteiger partial charge < -0.3 is 9.72 Å². The number of ether oxygens (including phenoxy) is 1. The number of para-hydroxylation sites is 1. The molecule has 1 heterocycles. The first-order chi connectivity index (χ1) is 6.72. The lowest BCUT2D eigenvalue weighted by Crippen LogP contribution is -2.11. The molecule has 0 fully saturated rings. The topological polar surface area (TPSA) is 55.0 Å². The third kappa shape index (κ3) is 1.25. The van der Waals surface area contributed by atoms with E-state index in [9.17, 15) is 4.79 Å². The van der Waals surface area contributed by atoms with E-state index >= 15 is 0 Å². The molecule has 0 atom stereocenters. The normalized spacial score (nSPS) is 10.4. The summed E-state index contributed by atoms with van der Waals surface area (Å²) >= 11 is 0. The lowest BCUT2D eigenvalue weighted by atomic mass is 10.2. The number of methoxy groups -OCH3 is 1. The molecule has 0 amide bonds. The summed E-state index contributed by atoms with van der Waals surface area (Å²) in [5.41, 5.74) is 2.20. The molecule has 0 spiro atoms. The molecule has 4 nitrogen and oxygen atoms in total. The van der Waals surface area contributed by atoms with Crippen LogP contribution in [0.25, 0.3) is 11.0 Å². The zero-order valence-corrected chi connectivity index (χ0v) is 8.00. The zero-order chi connectivity index (χ0) is 10.1. The maximum absolute atomic E-state index is 11.4. The molecular formula is C10H10N2O2. The minimum atomic E-state index is -0.297. The van der Waals surface area contributed by atoms with Crippen molar-refractivity contribution in [1.29, 1.82) is 0 Å². The van der Waals surface area contributed by atoms with E-state index in [1.807, 2.05) is 25.1 Å². The van der Waals surface area contributed by atoms with Crippen LogP contribution in [0.1, 0.15) is 5.56 Å². The number of H-pyrrole nitrogens is 1. The highest BCUT2D eigenvalue weighted by Crippen LogP contribution is 2.13. The van der Waals surface area contributed by atoms with Gasteiger partial charge in [0.15, 0.2) is 0 Å². The number of benzene rings is 1. The van der Waals surface area contributed by atoms with Crippen LogP contribution in [-0.2, 0) is 0 Å². The molecule has 1 N–H and O–H groups in total. The summed E-state index contributed by atoms with van der Waals surface area (Å²) in [5.74, 6) is 0.100. The Kier molecular flexibility index (Phi) is 1.96. The number of rotatable bonds is 1. The second-order valence-electron chi connectivity index (χ2n) is 3.04. The minimum absolute atomic E-state index is 0.100. The summed E-state index contributed by atoms with van der Waals surface area (Å²) in [4.78, 5) is 18.2. The second-order valence-corrected chi connectivity index (χ2v) is 3.04. The maximum atomic E-state index is 11.4. The van der Waals surface area contributed by atoms with E-state index < -0.39 is 0 Å². The predicted octanol–water partition coefficient (Wildman–Crippen LogP) is 1.24. The Bertz CT molecular complexity index is 531. The monoisotopic (exact) mass is 190 g/mol. The van der Waals surface area contributed by atoms with E-state index in [4.69, 9.17) is 4.74 Å². The van der Waals surface area contributed by atoms with Gasteiger partial charge >= 0.3 is 5.56 Å². The van der Waals surface area contributed by atoms with E-state index in [-0.39, 0.29) is 11.4 Å². The molecule has 0 aliphatic heterocycles. The average molecular weight is 190 g/mol. The number of nitrogens with one attached hydrogen (secondary N) is 1. The fraction of sp³-hybridized carbons (Fsp3) is 0.200. The van der Waals surface area contributed by atoms with E-state index in [1.165, 1.54) is 7.11 Å². The SMILES string of the molecule is COc1nc2cccc(C)c2[nH]c1=O. The van der Waals surface area contributed by atoms with Crippen molar-refractivity contribution < 1.29 is 4.74 Å². The van der Waals surface area contributed by atoms with E-state index in [0.717, 1.165) is 16.6 Å². The third-order valence-electron chi connectivity index (χ3n) is 2.10. The smallest absolute Gasteiger partial charge is 0.311 e. The Hall–Kier alpha value is -1.84. The maximum Gasteiger partial charge on any atom is 0.311 e. The number of hydrogen-bond acceptors (Lipinski definition) is 3. The Labute approximate surface area is 80.6 Å². The van der Waals surface area contributed by atoms with E-state index in [0.29, 0.717) is 0 Å². The highest BCUT2D eigenvalue weighted by Gasteiger charge is 2.04. The van der Waals surface area contributed by atoms with Gasteiger partial charge in [0.2, 0.25) is 0 Å². The number of aromatic nitrogens is 2. The van der Waals surface area contributed by atoms with Crippen LogP contribution < -0.4 is 10.3 Å². The first-order valence-electron chi connectivity index (χ1n) is 4.26. The van der Waals surface area contributed by atoms with Gasteiger partial charge in [0.25, 0.3) is 5.88 Å². The van der Waals surface area contributed by atoms with Crippen LogP contribution in [0.15, 0.2) is 23.0 Å². The predicted molar refractivity (Wildman–Crippen MR) is 53.7 cm³/mol. The Morgan fingerprint density at radius 3 is 2.93 bits per heavy atom. The molecule has 1 aromatic heterocycles. The standard InChI is InChI=1S/C10H10N2O2/c1-6-4-3-5-7-8(6)12-9(13)10(11-7)14-2/h3-5H,1-2H3,(H,12,13). The molecule has 0 bridgehead atoms. The minimum Gasteiger partial charge on any atom is -0.477 e. The number of nitrogens with zero attached hydrogens (tertiary/aromatic N) is 1. The van der Waals surface area contributed by atoms with Crippen molar-refractivity contribution in [3.63, 3.8) is 0 Å². The molecule has 0 radical (unpaired) electrons. The van der Waals surface area contributed by atoms with Crippen LogP contribution in [0.4, 0.5) is 0 Å². The summed E-state index contributed by atoms with van der Waals surface area (Å²) < 4.78 is 4.84. The second kappa shape index (κ2) is 3.14. The van der Waals surface area contributed by atoms with Gasteiger partial charge in [0.05, 0.1) is 18.1 Å². The molecule has 72 valence electrons. The summed E-state index contributed by atoms with van der Waals surface area (Å²) in [6.45, 7) is 1.92. The molecule has 14 heavy (non-hydrogen) atoms. The average Bonchev–Trinajstić information content (AvgIpc) is 2.19. The van der Waals surface area contributed by atoms with Crippen molar-refractivity contribution >= 4 is 11.0 Å². The van der Waals surface area contributed by atoms with Gasteiger partial charge in [-0.15, -0.1) is 0 Å². The third-order valence-corrected chi connectivity index (χ3v) is 2.10. The largest absolute Gasteiger partial charge is 0.477 e. The van der Waals surface area contributed by atoms with Crippen LogP contribution in [0.3, 0.4) is 0 Å². The number of aryl methyl sites for hydroxylation is 1. The van der Waals surface area contributed by atoms with E-state index in [1.54, 1.807) is 0 Å². The number of aromatic amines is 1. The van der Waals surface area contributed by atoms with Gasteiger partial charge in [-0.2, -0.15) is 0 Å². The Morgan fingerprint density at radius 1 is 1.43 bits per heavy atom. The lowest BCUT2D eigenvalue weighted by Gasteiger charge is -2.02. The van der Waals surface area contributed by atoms with Crippen LogP contribution in [0.2, 0.25) is 0 Å². The van der Waals surface area contributed by atoms with Gasteiger partial charge in [-0.1, -0.05) is 12.1 Å². The van der Waals surface area contributed by atoms with Crippen LogP contribution in [0, 0.1) is 6.92 Å². The summed E-state index contributed by atoms with van der Waals surface area (Å²) in [6.07, 6.45) is 0. The van der Waals surface area contributed by atoms with Crippen molar-refractivity contribution in [2.45, 2.75) is 6.92 Å². The molecule has 1 aromatic carbocycles. The molecule has 2 aromatic rings. The van der Waals surface area contributed by atoms with Crippen molar-refractivity contribution in [3.05, 3.63) is 34.1 Å². The summed E-state index contributed by atoms with van der Waals surface area (Å²) in [6, 6.07) is 5.65. The Balaban J connectivity index is 2.86. The fourth-order valence-electron chi connectivity index (χ4n) is 1.37. The quantitative estimate of drug-likeness (QED) is 0.736. The van der Waals surface area contributed by atoms with Crippen LogP contribution in [-0.4, -0.2) is 17.1 Å². The summed E-state index contributed by atoms with van der Waals surface area (Å²) in [7, 11) is 1.43. The number of fused-ring (bicyclic) bond motifs is 1. The molecule has 0 unspecified atom stereocenters. The van der Waals surface area contributed by atoms with Gasteiger partial charge in [-0.25, -0.2) is 4.98 Å². The molecule has 0 aliphatic carbocycles. The summed E-state index contributed by atoms with van der Waals surface area (Å²) in [5, 5.41) is 0. The molecular weight excluding hydrogens is 180 g/mol. The molecule has 0 saturated carbocycles. The van der Waals surface area contributed by atoms with Gasteiger partial charge in [0, 0.05) is 0 Å². The highest BCUT2D eigenvalue weighted by atomic mass is 16.5. The zero-order valence-electron chi connectivity index (χ0n) is 8.00. The van der Waals surface area contributed by atoms with Crippen molar-refractivity contribution in [2.75, 3.05) is 7.11 Å². The van der Waals surface area contributed by atoms with E-state index in [2.05, 4.69) is 9.97 Å². The van der Waals surface area contributed by atoms with Gasteiger partial charge in [0.1, 0.15) is 0 Å². The van der Waals surface area contributed by atoms with Crippen molar-refractivity contribution in [3.8, 4) is 5.88 Å². The Morgan fingerprint density at radius 2 is 2.21 bits per heavy atom. The number of hydrogen-bond donors (Lipinski definition) is 1. The molecule has 2 rings (SSSR count). The first kappa shape index (κ1) is 8.74. The van der Waals surface area contributed by atoms with Crippen LogP contribution >= 0.6 is 0 Å². The van der Waals surface area contributed by atoms with Crippen LogP contribution in [0.5, 0.6) is 5.88 Å². The molecule has 4 heteroatoms. The van der Waals surface area contributed by atoms with Crippen molar-refractivity contribution in [1.82, 2.24) is 9.97 Å². The van der Waals surface area contributed by atoms with Gasteiger partial charge in [-0.3, -0.25) is 4.79 Å².